The molecule has 0 amide bonds. The highest BCUT2D eigenvalue weighted by molar-refractivity contribution is 4.64. The smallest absolute Gasteiger partial charge is 0.0928 e. The van der Waals surface area contributed by atoms with Crippen LogP contribution >= 0.6 is 0 Å². The molecule has 0 aliphatic heterocycles. The highest BCUT2D eigenvalue weighted by Crippen LogP contribution is 2.16. The number of methoxy groups -OCH3 is 2. The molecule has 4 heteroatoms. The second kappa shape index (κ2) is 9.83. The lowest BCUT2D eigenvalue weighted by atomic mass is 9.92. The number of rotatable bonds is 10. The summed E-state index contributed by atoms with van der Waals surface area (Å²) in [6.07, 6.45) is 1.35. The molecule has 0 aromatic rings. The molecule has 0 aliphatic carbocycles. The molecule has 0 heterocycles. The van der Waals surface area contributed by atoms with Crippen LogP contribution in [0.4, 0.5) is 0 Å². The van der Waals surface area contributed by atoms with Gasteiger partial charge in [0.05, 0.1) is 12.7 Å². The van der Waals surface area contributed by atoms with Gasteiger partial charge in [-0.3, -0.25) is 0 Å². The van der Waals surface area contributed by atoms with Crippen molar-refractivity contribution in [1.29, 1.82) is 0 Å². The Morgan fingerprint density at radius 3 is 2.18 bits per heavy atom. The van der Waals surface area contributed by atoms with Crippen LogP contribution in [-0.4, -0.2) is 53.1 Å². The summed E-state index contributed by atoms with van der Waals surface area (Å²) in [4.78, 5) is 0. The zero-order valence-electron chi connectivity index (χ0n) is 12.1. The van der Waals surface area contributed by atoms with Crippen molar-refractivity contribution in [2.24, 2.45) is 5.41 Å². The number of ether oxygens (including phenoxy) is 2. The summed E-state index contributed by atoms with van der Waals surface area (Å²) in [7, 11) is 3.41. The Hall–Kier alpha value is -0.160. The Kier molecular flexibility index (Phi) is 9.74. The van der Waals surface area contributed by atoms with Crippen molar-refractivity contribution < 1.29 is 9.47 Å². The lowest BCUT2D eigenvalue weighted by Gasteiger charge is -2.18. The van der Waals surface area contributed by atoms with Gasteiger partial charge < -0.3 is 20.1 Å². The molecule has 1 unspecified atom stereocenters. The van der Waals surface area contributed by atoms with E-state index in [2.05, 4.69) is 31.4 Å². The van der Waals surface area contributed by atoms with Gasteiger partial charge in [-0.15, -0.1) is 0 Å². The van der Waals surface area contributed by atoms with E-state index in [9.17, 15) is 0 Å². The number of nitrogens with one attached hydrogen (secondary N) is 2. The number of hydrogen-bond acceptors (Lipinski definition) is 4. The molecular formula is C13H30N2O2. The van der Waals surface area contributed by atoms with Crippen molar-refractivity contribution in [3.63, 3.8) is 0 Å². The molecule has 1 atom stereocenters. The van der Waals surface area contributed by atoms with E-state index in [1.165, 1.54) is 6.42 Å². The monoisotopic (exact) mass is 246 g/mol. The van der Waals surface area contributed by atoms with E-state index in [1.807, 2.05) is 0 Å². The fourth-order valence-electron chi connectivity index (χ4n) is 1.42. The van der Waals surface area contributed by atoms with Gasteiger partial charge in [-0.1, -0.05) is 20.8 Å². The van der Waals surface area contributed by atoms with Gasteiger partial charge in [0.15, 0.2) is 0 Å². The second-order valence-corrected chi connectivity index (χ2v) is 5.58. The van der Waals surface area contributed by atoms with Gasteiger partial charge in [0, 0.05) is 33.9 Å². The highest BCUT2D eigenvalue weighted by Gasteiger charge is 2.08. The molecule has 0 saturated heterocycles. The molecule has 0 saturated carbocycles. The standard InChI is InChI=1S/C13H30N2O2/c1-13(2,3)6-7-14-8-9-15-10-12(17-5)11-16-4/h12,14-15H,6-11H2,1-5H3. The molecule has 0 aromatic heterocycles. The van der Waals surface area contributed by atoms with Crippen LogP contribution in [0, 0.1) is 5.41 Å². The third-order valence-electron chi connectivity index (χ3n) is 2.59. The summed E-state index contributed by atoms with van der Waals surface area (Å²) >= 11 is 0. The highest BCUT2D eigenvalue weighted by atomic mass is 16.5. The average molecular weight is 246 g/mol. The van der Waals surface area contributed by atoms with Crippen molar-refractivity contribution in [2.45, 2.75) is 33.3 Å². The van der Waals surface area contributed by atoms with Crippen LogP contribution in [0.25, 0.3) is 0 Å². The Labute approximate surface area is 106 Å². The Morgan fingerprint density at radius 1 is 1.00 bits per heavy atom. The Morgan fingerprint density at radius 2 is 1.65 bits per heavy atom. The quantitative estimate of drug-likeness (QED) is 0.570. The Bertz CT molecular complexity index is 169. The molecule has 0 spiro atoms. The normalized spacial score (nSPS) is 13.9. The fraction of sp³-hybridized carbons (Fsp3) is 1.00. The van der Waals surface area contributed by atoms with Crippen molar-refractivity contribution >= 4 is 0 Å². The third kappa shape index (κ3) is 12.1. The van der Waals surface area contributed by atoms with Gasteiger partial charge >= 0.3 is 0 Å². The summed E-state index contributed by atoms with van der Waals surface area (Å²) in [5.74, 6) is 0. The molecule has 2 N–H and O–H groups in total. The largest absolute Gasteiger partial charge is 0.382 e. The molecule has 0 radical (unpaired) electrons. The molecule has 0 aromatic carbocycles. The maximum Gasteiger partial charge on any atom is 0.0928 e. The van der Waals surface area contributed by atoms with Gasteiger partial charge in [-0.2, -0.15) is 0 Å². The molecule has 17 heavy (non-hydrogen) atoms. The predicted octanol–water partition coefficient (Wildman–Crippen LogP) is 1.26. The van der Waals surface area contributed by atoms with Crippen molar-refractivity contribution in [1.82, 2.24) is 10.6 Å². The van der Waals surface area contributed by atoms with Gasteiger partial charge in [0.1, 0.15) is 0 Å². The van der Waals surface area contributed by atoms with Crippen molar-refractivity contribution in [3.05, 3.63) is 0 Å². The van der Waals surface area contributed by atoms with Crippen LogP contribution in [0.1, 0.15) is 27.2 Å². The summed E-state index contributed by atoms with van der Waals surface area (Å²) in [5.41, 5.74) is 0.417. The first-order valence-corrected chi connectivity index (χ1v) is 6.43. The van der Waals surface area contributed by atoms with E-state index in [4.69, 9.17) is 9.47 Å². The lowest BCUT2D eigenvalue weighted by Crippen LogP contribution is -2.36. The maximum atomic E-state index is 5.26. The van der Waals surface area contributed by atoms with E-state index in [1.54, 1.807) is 14.2 Å². The van der Waals surface area contributed by atoms with Gasteiger partial charge in [-0.05, 0) is 18.4 Å². The maximum absolute atomic E-state index is 5.26. The molecule has 0 rings (SSSR count). The van der Waals surface area contributed by atoms with Gasteiger partial charge in [0.25, 0.3) is 0 Å². The summed E-state index contributed by atoms with van der Waals surface area (Å²) in [5, 5.41) is 6.78. The van der Waals surface area contributed by atoms with E-state index in [0.717, 1.165) is 26.2 Å². The lowest BCUT2D eigenvalue weighted by molar-refractivity contribution is 0.0291. The van der Waals surface area contributed by atoms with Gasteiger partial charge in [-0.25, -0.2) is 0 Å². The topological polar surface area (TPSA) is 42.5 Å². The predicted molar refractivity (Wildman–Crippen MR) is 72.5 cm³/mol. The van der Waals surface area contributed by atoms with Crippen LogP contribution in [0.3, 0.4) is 0 Å². The molecule has 104 valence electrons. The second-order valence-electron chi connectivity index (χ2n) is 5.58. The van der Waals surface area contributed by atoms with E-state index < -0.39 is 0 Å². The minimum absolute atomic E-state index is 0.148. The minimum atomic E-state index is 0.148. The fourth-order valence-corrected chi connectivity index (χ4v) is 1.42. The van der Waals surface area contributed by atoms with Crippen LogP contribution in [0.5, 0.6) is 0 Å². The first-order chi connectivity index (χ1) is 7.99. The third-order valence-corrected chi connectivity index (χ3v) is 2.59. The van der Waals surface area contributed by atoms with Crippen molar-refractivity contribution in [2.75, 3.05) is 47.0 Å². The Balaban J connectivity index is 3.28. The van der Waals surface area contributed by atoms with Crippen LogP contribution in [0.15, 0.2) is 0 Å². The molecule has 4 nitrogen and oxygen atoms in total. The van der Waals surface area contributed by atoms with E-state index >= 15 is 0 Å². The average Bonchev–Trinajstić information content (AvgIpc) is 2.24. The van der Waals surface area contributed by atoms with E-state index in [0.29, 0.717) is 12.0 Å². The molecular weight excluding hydrogens is 216 g/mol. The zero-order chi connectivity index (χ0) is 13.1. The first-order valence-electron chi connectivity index (χ1n) is 6.43. The first kappa shape index (κ1) is 16.8. The van der Waals surface area contributed by atoms with E-state index in [-0.39, 0.29) is 6.10 Å². The summed E-state index contributed by atoms with van der Waals surface area (Å²) in [6.45, 7) is 11.3. The zero-order valence-corrected chi connectivity index (χ0v) is 12.1. The minimum Gasteiger partial charge on any atom is -0.382 e. The van der Waals surface area contributed by atoms with Gasteiger partial charge in [0.2, 0.25) is 0 Å². The molecule has 0 bridgehead atoms. The van der Waals surface area contributed by atoms with Crippen LogP contribution in [0.2, 0.25) is 0 Å². The summed E-state index contributed by atoms with van der Waals surface area (Å²) < 4.78 is 10.3. The SMILES string of the molecule is COCC(CNCCNCCC(C)(C)C)OC. The summed E-state index contributed by atoms with van der Waals surface area (Å²) in [6, 6.07) is 0. The van der Waals surface area contributed by atoms with Crippen LogP contribution in [-0.2, 0) is 9.47 Å². The number of hydrogen-bond donors (Lipinski definition) is 2. The molecule has 0 aliphatic rings. The molecule has 0 fully saturated rings. The van der Waals surface area contributed by atoms with Crippen LogP contribution < -0.4 is 10.6 Å². The van der Waals surface area contributed by atoms with Crippen molar-refractivity contribution in [3.8, 4) is 0 Å².